The molecule has 0 aliphatic heterocycles. The van der Waals surface area contributed by atoms with Crippen molar-refractivity contribution in [1.82, 2.24) is 9.78 Å². The molecule has 1 aromatic carbocycles. The Hall–Kier alpha value is -1.99. The maximum Gasteiger partial charge on any atom is 0.417 e. The molecule has 0 amide bonds. The van der Waals surface area contributed by atoms with Gasteiger partial charge in [0.2, 0.25) is 0 Å². The molecule has 0 bridgehead atoms. The van der Waals surface area contributed by atoms with Gasteiger partial charge in [-0.1, -0.05) is 6.07 Å². The minimum atomic E-state index is -4.89. The number of halogens is 6. The number of aryl methyl sites for hydroxylation is 1. The molecule has 0 spiro atoms. The van der Waals surface area contributed by atoms with E-state index in [1.54, 1.807) is 0 Å². The summed E-state index contributed by atoms with van der Waals surface area (Å²) in [6.45, 7) is 0. The van der Waals surface area contributed by atoms with E-state index in [0.717, 1.165) is 6.07 Å². The van der Waals surface area contributed by atoms with Crippen molar-refractivity contribution in [3.05, 3.63) is 41.6 Å². The monoisotopic (exact) mass is 294 g/mol. The van der Waals surface area contributed by atoms with Crippen molar-refractivity contribution in [2.24, 2.45) is 7.05 Å². The Bertz CT molecular complexity index is 624. The van der Waals surface area contributed by atoms with Crippen LogP contribution in [0.5, 0.6) is 0 Å². The number of aromatic nitrogens is 2. The molecule has 1 aromatic heterocycles. The average Bonchev–Trinajstić information content (AvgIpc) is 2.72. The van der Waals surface area contributed by atoms with Gasteiger partial charge in [0, 0.05) is 18.8 Å². The Labute approximate surface area is 109 Å². The van der Waals surface area contributed by atoms with Crippen LogP contribution in [0.25, 0.3) is 11.3 Å². The van der Waals surface area contributed by atoms with E-state index >= 15 is 0 Å². The predicted molar refractivity (Wildman–Crippen MR) is 58.6 cm³/mol. The molecule has 2 aromatic rings. The second-order valence-electron chi connectivity index (χ2n) is 4.13. The summed E-state index contributed by atoms with van der Waals surface area (Å²) in [5.74, 6) is 0. The molecular weight excluding hydrogens is 286 g/mol. The lowest BCUT2D eigenvalue weighted by Crippen LogP contribution is -2.12. The third kappa shape index (κ3) is 2.78. The van der Waals surface area contributed by atoms with Crippen LogP contribution in [0.15, 0.2) is 30.5 Å². The first-order valence-corrected chi connectivity index (χ1v) is 5.37. The van der Waals surface area contributed by atoms with Gasteiger partial charge in [-0.25, -0.2) is 0 Å². The summed E-state index contributed by atoms with van der Waals surface area (Å²) in [5, 5.41) is 3.78. The van der Waals surface area contributed by atoms with Gasteiger partial charge < -0.3 is 0 Å². The molecule has 1 heterocycles. The fraction of sp³-hybridized carbons (Fsp3) is 0.250. The van der Waals surface area contributed by atoms with Crippen LogP contribution in [0.2, 0.25) is 0 Å². The zero-order valence-corrected chi connectivity index (χ0v) is 10.0. The number of rotatable bonds is 1. The third-order valence-corrected chi connectivity index (χ3v) is 2.64. The minimum Gasteiger partial charge on any atom is -0.275 e. The molecule has 0 aliphatic carbocycles. The Morgan fingerprint density at radius 3 is 2.05 bits per heavy atom. The second kappa shape index (κ2) is 4.53. The number of nitrogens with zero attached hydrogens (tertiary/aromatic N) is 2. The van der Waals surface area contributed by atoms with E-state index in [4.69, 9.17) is 0 Å². The van der Waals surface area contributed by atoms with Crippen LogP contribution in [0.3, 0.4) is 0 Å². The van der Waals surface area contributed by atoms with Crippen molar-refractivity contribution in [3.63, 3.8) is 0 Å². The first kappa shape index (κ1) is 14.4. The van der Waals surface area contributed by atoms with Crippen molar-refractivity contribution in [2.45, 2.75) is 12.4 Å². The number of hydrogen-bond donors (Lipinski definition) is 0. The molecule has 0 saturated heterocycles. The molecule has 0 unspecified atom stereocenters. The van der Waals surface area contributed by atoms with E-state index in [1.165, 1.54) is 24.0 Å². The van der Waals surface area contributed by atoms with E-state index in [0.29, 0.717) is 6.07 Å². The fourth-order valence-corrected chi connectivity index (χ4v) is 1.74. The average molecular weight is 294 g/mol. The standard InChI is InChI=1S/C12H8F6N2/c1-20-5-4-10(19-20)8-3-2-7(11(13,14)15)6-9(8)12(16,17)18/h2-6H,1H3. The molecule has 0 radical (unpaired) electrons. The van der Waals surface area contributed by atoms with Gasteiger partial charge in [-0.15, -0.1) is 0 Å². The largest absolute Gasteiger partial charge is 0.417 e. The second-order valence-corrected chi connectivity index (χ2v) is 4.13. The lowest BCUT2D eigenvalue weighted by molar-refractivity contribution is -0.142. The van der Waals surface area contributed by atoms with Crippen molar-refractivity contribution in [1.29, 1.82) is 0 Å². The first-order valence-electron chi connectivity index (χ1n) is 5.37. The maximum absolute atomic E-state index is 12.9. The summed E-state index contributed by atoms with van der Waals surface area (Å²) in [4.78, 5) is 0. The van der Waals surface area contributed by atoms with Gasteiger partial charge in [-0.05, 0) is 18.2 Å². The van der Waals surface area contributed by atoms with Crippen molar-refractivity contribution >= 4 is 0 Å². The van der Waals surface area contributed by atoms with E-state index in [9.17, 15) is 26.3 Å². The summed E-state index contributed by atoms with van der Waals surface area (Å²) < 4.78 is 77.5. The van der Waals surface area contributed by atoms with Crippen LogP contribution < -0.4 is 0 Å². The molecule has 0 atom stereocenters. The van der Waals surface area contributed by atoms with E-state index in [2.05, 4.69) is 5.10 Å². The van der Waals surface area contributed by atoms with Crippen molar-refractivity contribution in [2.75, 3.05) is 0 Å². The molecule has 108 valence electrons. The highest BCUT2D eigenvalue weighted by molar-refractivity contribution is 5.65. The Kier molecular flexibility index (Phi) is 3.27. The quantitative estimate of drug-likeness (QED) is 0.723. The SMILES string of the molecule is Cn1ccc(-c2ccc(C(F)(F)F)cc2C(F)(F)F)n1. The summed E-state index contributed by atoms with van der Waals surface area (Å²) in [5.41, 5.74) is -3.12. The molecule has 0 aliphatic rings. The van der Waals surface area contributed by atoms with Crippen LogP contribution in [-0.2, 0) is 19.4 Å². The third-order valence-electron chi connectivity index (χ3n) is 2.64. The van der Waals surface area contributed by atoms with Gasteiger partial charge in [0.25, 0.3) is 0 Å². The smallest absolute Gasteiger partial charge is 0.275 e. The van der Waals surface area contributed by atoms with Crippen LogP contribution in [0, 0.1) is 0 Å². The lowest BCUT2D eigenvalue weighted by atomic mass is 10.0. The highest BCUT2D eigenvalue weighted by Gasteiger charge is 2.38. The van der Waals surface area contributed by atoms with Gasteiger partial charge in [0.05, 0.1) is 16.8 Å². The minimum absolute atomic E-state index is 0.0338. The van der Waals surface area contributed by atoms with E-state index in [1.807, 2.05) is 0 Å². The Morgan fingerprint density at radius 2 is 1.60 bits per heavy atom. The summed E-state index contributed by atoms with van der Waals surface area (Å²) in [6.07, 6.45) is -8.32. The zero-order valence-electron chi connectivity index (χ0n) is 10.0. The van der Waals surface area contributed by atoms with E-state index in [-0.39, 0.29) is 17.3 Å². The van der Waals surface area contributed by atoms with Crippen molar-refractivity contribution < 1.29 is 26.3 Å². The number of benzene rings is 1. The molecule has 8 heteroatoms. The summed E-state index contributed by atoms with van der Waals surface area (Å²) in [6, 6.07) is 2.80. The van der Waals surface area contributed by atoms with Crippen molar-refractivity contribution in [3.8, 4) is 11.3 Å². The van der Waals surface area contributed by atoms with Crippen LogP contribution >= 0.6 is 0 Å². The van der Waals surface area contributed by atoms with Crippen LogP contribution in [0.1, 0.15) is 11.1 Å². The number of alkyl halides is 6. The van der Waals surface area contributed by atoms with E-state index < -0.39 is 23.5 Å². The van der Waals surface area contributed by atoms with Gasteiger partial charge >= 0.3 is 12.4 Å². The fourth-order valence-electron chi connectivity index (χ4n) is 1.74. The molecule has 0 N–H and O–H groups in total. The molecular formula is C12H8F6N2. The maximum atomic E-state index is 12.9. The normalized spacial score (nSPS) is 12.8. The molecule has 2 rings (SSSR count). The topological polar surface area (TPSA) is 17.8 Å². The van der Waals surface area contributed by atoms with Gasteiger partial charge in [0.15, 0.2) is 0 Å². The molecule has 0 saturated carbocycles. The first-order chi connectivity index (χ1) is 9.09. The highest BCUT2D eigenvalue weighted by atomic mass is 19.4. The van der Waals surface area contributed by atoms with Gasteiger partial charge in [-0.3, -0.25) is 4.68 Å². The highest BCUT2D eigenvalue weighted by Crippen LogP contribution is 2.40. The molecule has 0 fully saturated rings. The lowest BCUT2D eigenvalue weighted by Gasteiger charge is -2.14. The predicted octanol–water partition coefficient (Wildman–Crippen LogP) is 4.12. The summed E-state index contributed by atoms with van der Waals surface area (Å²) in [7, 11) is 1.50. The zero-order chi connectivity index (χ0) is 15.1. The Morgan fingerprint density at radius 1 is 0.950 bits per heavy atom. The van der Waals surface area contributed by atoms with Gasteiger partial charge in [-0.2, -0.15) is 31.4 Å². The molecule has 2 nitrogen and oxygen atoms in total. The number of hydrogen-bond acceptors (Lipinski definition) is 1. The van der Waals surface area contributed by atoms with Crippen LogP contribution in [0.4, 0.5) is 26.3 Å². The molecule has 20 heavy (non-hydrogen) atoms. The van der Waals surface area contributed by atoms with Gasteiger partial charge in [0.1, 0.15) is 0 Å². The summed E-state index contributed by atoms with van der Waals surface area (Å²) >= 11 is 0. The Balaban J connectivity index is 2.64. The van der Waals surface area contributed by atoms with Crippen LogP contribution in [-0.4, -0.2) is 9.78 Å².